The summed E-state index contributed by atoms with van der Waals surface area (Å²) in [4.78, 5) is 7.90. The van der Waals surface area contributed by atoms with Gasteiger partial charge in [0.05, 0.1) is 17.1 Å². The van der Waals surface area contributed by atoms with Gasteiger partial charge in [-0.15, -0.1) is 0 Å². The molecule has 0 saturated carbocycles. The van der Waals surface area contributed by atoms with Gasteiger partial charge in [-0.25, -0.2) is 9.97 Å². The number of aromatic nitrogens is 2. The molecule has 0 amide bonds. The van der Waals surface area contributed by atoms with Gasteiger partial charge in [-0.2, -0.15) is 5.26 Å². The van der Waals surface area contributed by atoms with Crippen molar-refractivity contribution in [3.63, 3.8) is 0 Å². The van der Waals surface area contributed by atoms with Crippen LogP contribution >= 0.6 is 0 Å². The lowest BCUT2D eigenvalue weighted by molar-refractivity contribution is 1.22. The van der Waals surface area contributed by atoms with E-state index in [0.29, 0.717) is 5.56 Å². The third kappa shape index (κ3) is 0.995. The summed E-state index contributed by atoms with van der Waals surface area (Å²) >= 11 is 0. The van der Waals surface area contributed by atoms with Crippen molar-refractivity contribution >= 4 is 10.9 Å². The number of hydrogen-bond donors (Lipinski definition) is 0. The average molecular weight is 156 g/mol. The highest BCUT2D eigenvalue weighted by atomic mass is 14.8. The van der Waals surface area contributed by atoms with Gasteiger partial charge in [0.25, 0.3) is 0 Å². The van der Waals surface area contributed by atoms with E-state index in [9.17, 15) is 0 Å². The Labute approximate surface area is 70.8 Å². The molecule has 0 aliphatic carbocycles. The molecule has 0 spiro atoms. The zero-order valence-electron chi connectivity index (χ0n) is 7.23. The van der Waals surface area contributed by atoms with Crippen LogP contribution < -0.4 is 0 Å². The van der Waals surface area contributed by atoms with Gasteiger partial charge in [-0.3, -0.25) is 0 Å². The Morgan fingerprint density at radius 3 is 3.17 bits per heavy atom. The van der Waals surface area contributed by atoms with Gasteiger partial charge >= 0.3 is 1.43 Å². The highest BCUT2D eigenvalue weighted by molar-refractivity contribution is 5.78. The first-order valence-corrected chi connectivity index (χ1v) is 3.50. The van der Waals surface area contributed by atoms with Gasteiger partial charge < -0.3 is 0 Å². The van der Waals surface area contributed by atoms with E-state index in [1.165, 1.54) is 6.33 Å². The van der Waals surface area contributed by atoms with E-state index in [-0.39, 0.29) is 1.43 Å². The second kappa shape index (κ2) is 2.59. The van der Waals surface area contributed by atoms with Gasteiger partial charge in [-0.1, -0.05) is 0 Å². The van der Waals surface area contributed by atoms with Crippen LogP contribution in [0.1, 0.15) is 6.99 Å². The molecule has 0 unspecified atom stereocenters. The predicted molar refractivity (Wildman–Crippen MR) is 45.4 cm³/mol. The fourth-order valence-corrected chi connectivity index (χ4v) is 1.05. The third-order valence-electron chi connectivity index (χ3n) is 1.63. The molecule has 0 atom stereocenters. The SMILES string of the molecule is N#Cc1ccc2ncncc2c1.[H+]. The van der Waals surface area contributed by atoms with Crippen molar-refractivity contribution in [2.24, 2.45) is 0 Å². The van der Waals surface area contributed by atoms with Crippen molar-refractivity contribution in [2.45, 2.75) is 0 Å². The van der Waals surface area contributed by atoms with Crippen molar-refractivity contribution in [1.82, 2.24) is 9.97 Å². The molecule has 12 heavy (non-hydrogen) atoms. The van der Waals surface area contributed by atoms with E-state index < -0.39 is 0 Å². The lowest BCUT2D eigenvalue weighted by Crippen LogP contribution is -1.81. The molecule has 0 aliphatic rings. The van der Waals surface area contributed by atoms with Crippen molar-refractivity contribution in [3.8, 4) is 6.07 Å². The molecule has 3 nitrogen and oxygen atoms in total. The van der Waals surface area contributed by atoms with Gasteiger partial charge in [0.1, 0.15) is 6.33 Å². The molecule has 0 N–H and O–H groups in total. The smallest absolute Gasteiger partial charge is 0.244 e. The molecule has 0 aliphatic heterocycles. The predicted octanol–water partition coefficient (Wildman–Crippen LogP) is 1.61. The Morgan fingerprint density at radius 2 is 2.33 bits per heavy atom. The van der Waals surface area contributed by atoms with Crippen LogP contribution in [0.25, 0.3) is 10.9 Å². The number of rotatable bonds is 0. The summed E-state index contributed by atoms with van der Waals surface area (Å²) in [7, 11) is 0. The molecular formula is C9H6N3+. The van der Waals surface area contributed by atoms with Crippen LogP contribution in [0.4, 0.5) is 0 Å². The van der Waals surface area contributed by atoms with Crippen LogP contribution in [-0.4, -0.2) is 9.97 Å². The molecule has 0 saturated heterocycles. The summed E-state index contributed by atoms with van der Waals surface area (Å²) < 4.78 is 0. The van der Waals surface area contributed by atoms with E-state index in [4.69, 9.17) is 5.26 Å². The molecule has 1 aromatic carbocycles. The van der Waals surface area contributed by atoms with E-state index in [0.717, 1.165) is 10.9 Å². The molecule has 1 heterocycles. The van der Waals surface area contributed by atoms with Crippen molar-refractivity contribution in [3.05, 3.63) is 36.3 Å². The minimum atomic E-state index is 0. The van der Waals surface area contributed by atoms with E-state index >= 15 is 0 Å². The number of hydrogen-bond acceptors (Lipinski definition) is 3. The van der Waals surface area contributed by atoms with E-state index in [2.05, 4.69) is 16.0 Å². The lowest BCUT2D eigenvalue weighted by atomic mass is 10.2. The van der Waals surface area contributed by atoms with Crippen molar-refractivity contribution < 1.29 is 1.43 Å². The molecule has 3 heteroatoms. The molecular weight excluding hydrogens is 150 g/mol. The standard InChI is InChI=1S/C9H5N3/c10-4-7-1-2-9-8(3-7)5-11-6-12-9/h1-3,5-6H/p+1. The zero-order chi connectivity index (χ0) is 8.39. The highest BCUT2D eigenvalue weighted by Gasteiger charge is 1.94. The maximum absolute atomic E-state index is 8.61. The molecule has 2 aromatic rings. The highest BCUT2D eigenvalue weighted by Crippen LogP contribution is 2.10. The van der Waals surface area contributed by atoms with Crippen LogP contribution in [0.5, 0.6) is 0 Å². The average Bonchev–Trinajstić information content (AvgIpc) is 2.17. The first-order valence-electron chi connectivity index (χ1n) is 3.50. The summed E-state index contributed by atoms with van der Waals surface area (Å²) in [5.74, 6) is 0. The molecule has 1 aromatic heterocycles. The Hall–Kier alpha value is -1.95. The number of benzene rings is 1. The fraction of sp³-hybridized carbons (Fsp3) is 0. The maximum atomic E-state index is 8.61. The van der Waals surface area contributed by atoms with Crippen LogP contribution in [-0.2, 0) is 0 Å². The molecule has 2 rings (SSSR count). The van der Waals surface area contributed by atoms with Gasteiger partial charge in [0, 0.05) is 11.6 Å². The third-order valence-corrected chi connectivity index (χ3v) is 1.63. The summed E-state index contributed by atoms with van der Waals surface area (Å²) in [5.41, 5.74) is 1.50. The van der Waals surface area contributed by atoms with Crippen LogP contribution in [0.2, 0.25) is 0 Å². The summed E-state index contributed by atoms with van der Waals surface area (Å²) in [6.45, 7) is 0. The molecule has 0 fully saturated rings. The quantitative estimate of drug-likeness (QED) is 0.582. The van der Waals surface area contributed by atoms with Gasteiger partial charge in [0.2, 0.25) is 0 Å². The van der Waals surface area contributed by atoms with Crippen molar-refractivity contribution in [1.29, 1.82) is 5.26 Å². The molecule has 0 bridgehead atoms. The first kappa shape index (κ1) is 6.74. The largest absolute Gasteiger partial charge is 1.00 e. The number of fused-ring (bicyclic) bond motifs is 1. The lowest BCUT2D eigenvalue weighted by Gasteiger charge is -1.93. The number of nitriles is 1. The fourth-order valence-electron chi connectivity index (χ4n) is 1.05. The molecule has 56 valence electrons. The van der Waals surface area contributed by atoms with Gasteiger partial charge in [0.15, 0.2) is 0 Å². The second-order valence-electron chi connectivity index (χ2n) is 2.41. The normalized spacial score (nSPS) is 9.58. The summed E-state index contributed by atoms with van der Waals surface area (Å²) in [6, 6.07) is 7.40. The van der Waals surface area contributed by atoms with E-state index in [1.54, 1.807) is 18.3 Å². The Balaban J connectivity index is 0.000000845. The second-order valence-corrected chi connectivity index (χ2v) is 2.41. The summed E-state index contributed by atoms with van der Waals surface area (Å²) in [6.07, 6.45) is 3.19. The number of nitrogens with zero attached hydrogens (tertiary/aromatic N) is 3. The molecule has 0 radical (unpaired) electrons. The monoisotopic (exact) mass is 156 g/mol. The first-order chi connectivity index (χ1) is 5.90. The zero-order valence-corrected chi connectivity index (χ0v) is 6.23. The van der Waals surface area contributed by atoms with Crippen LogP contribution in [0.3, 0.4) is 0 Å². The Bertz CT molecular complexity index is 462. The van der Waals surface area contributed by atoms with Crippen LogP contribution in [0.15, 0.2) is 30.7 Å². The minimum absolute atomic E-state index is 0. The van der Waals surface area contributed by atoms with Crippen LogP contribution in [0, 0.1) is 11.3 Å². The topological polar surface area (TPSA) is 49.6 Å². The maximum Gasteiger partial charge on any atom is 1.00 e. The minimum Gasteiger partial charge on any atom is -0.244 e. The Morgan fingerprint density at radius 1 is 1.42 bits per heavy atom. The summed E-state index contributed by atoms with van der Waals surface area (Å²) in [5, 5.41) is 9.51. The Kier molecular flexibility index (Phi) is 1.45. The van der Waals surface area contributed by atoms with Gasteiger partial charge in [-0.05, 0) is 18.2 Å². The van der Waals surface area contributed by atoms with Crippen molar-refractivity contribution in [2.75, 3.05) is 0 Å². The van der Waals surface area contributed by atoms with E-state index in [1.807, 2.05) is 6.07 Å².